The van der Waals surface area contributed by atoms with Gasteiger partial charge in [-0.2, -0.15) is 0 Å². The lowest BCUT2D eigenvalue weighted by molar-refractivity contribution is 0.840. The zero-order valence-electron chi connectivity index (χ0n) is 23.9. The maximum Gasteiger partial charge on any atom is 0.252 e. The van der Waals surface area contributed by atoms with Crippen LogP contribution in [0.25, 0.3) is 11.1 Å². The second kappa shape index (κ2) is 8.75. The number of fused-ring (bicyclic) bond motifs is 6. The van der Waals surface area contributed by atoms with E-state index in [0.717, 1.165) is 0 Å². The topological polar surface area (TPSA) is 6.48 Å². The zero-order valence-corrected chi connectivity index (χ0v) is 23.9. The van der Waals surface area contributed by atoms with E-state index < -0.39 is 0 Å². The minimum atomic E-state index is 0.191. The highest BCUT2D eigenvalue weighted by molar-refractivity contribution is 7.00. The lowest BCUT2D eigenvalue weighted by atomic mass is 9.33. The Labute approximate surface area is 252 Å². The Bertz CT molecular complexity index is 1960. The molecule has 4 aliphatic rings. The molecular formula is C40H29BN2. The third kappa shape index (κ3) is 3.31. The van der Waals surface area contributed by atoms with Crippen LogP contribution in [0.4, 0.5) is 34.1 Å². The van der Waals surface area contributed by atoms with E-state index >= 15 is 0 Å². The third-order valence-electron chi connectivity index (χ3n) is 10.2. The van der Waals surface area contributed by atoms with Crippen molar-refractivity contribution in [3.63, 3.8) is 0 Å². The fourth-order valence-corrected chi connectivity index (χ4v) is 7.89. The minimum Gasteiger partial charge on any atom is -0.311 e. The van der Waals surface area contributed by atoms with Gasteiger partial charge in [0.05, 0.1) is 0 Å². The first-order valence-corrected chi connectivity index (χ1v) is 15.6. The number of hydrogen-bond donors (Lipinski definition) is 0. The molecule has 0 radical (unpaired) electrons. The van der Waals surface area contributed by atoms with Crippen LogP contribution < -0.4 is 26.2 Å². The second-order valence-electron chi connectivity index (χ2n) is 12.4. The molecule has 0 amide bonds. The molecular weight excluding hydrogens is 519 g/mol. The van der Waals surface area contributed by atoms with Crippen LogP contribution in [0.2, 0.25) is 0 Å². The normalized spacial score (nSPS) is 14.9. The first kappa shape index (κ1) is 23.5. The summed E-state index contributed by atoms with van der Waals surface area (Å²) in [5.74, 6) is 0. The summed E-state index contributed by atoms with van der Waals surface area (Å²) in [7, 11) is 0. The van der Waals surface area contributed by atoms with Gasteiger partial charge in [0.2, 0.25) is 0 Å². The smallest absolute Gasteiger partial charge is 0.252 e. The van der Waals surface area contributed by atoms with Gasteiger partial charge in [-0.25, -0.2) is 0 Å². The van der Waals surface area contributed by atoms with Crippen molar-refractivity contribution in [2.24, 2.45) is 0 Å². The molecule has 0 spiro atoms. The van der Waals surface area contributed by atoms with Crippen LogP contribution in [0, 0.1) is 0 Å². The molecule has 10 rings (SSSR count). The lowest BCUT2D eigenvalue weighted by Crippen LogP contribution is -2.62. The van der Waals surface area contributed by atoms with Crippen LogP contribution in [-0.4, -0.2) is 6.71 Å². The second-order valence-corrected chi connectivity index (χ2v) is 12.4. The maximum atomic E-state index is 2.55. The molecule has 0 saturated heterocycles. The Hall–Kier alpha value is -5.02. The van der Waals surface area contributed by atoms with Crippen molar-refractivity contribution < 1.29 is 0 Å². The molecule has 6 aromatic rings. The van der Waals surface area contributed by atoms with Crippen molar-refractivity contribution in [3.8, 4) is 11.1 Å². The third-order valence-corrected chi connectivity index (χ3v) is 10.2. The Morgan fingerprint density at radius 1 is 0.395 bits per heavy atom. The van der Waals surface area contributed by atoms with E-state index in [-0.39, 0.29) is 6.71 Å². The quantitative estimate of drug-likeness (QED) is 0.210. The average Bonchev–Trinajstić information content (AvgIpc) is 3.04. The average molecular weight is 548 g/mol. The molecule has 0 fully saturated rings. The Morgan fingerprint density at radius 3 is 1.26 bits per heavy atom. The number of rotatable bonds is 3. The van der Waals surface area contributed by atoms with Gasteiger partial charge in [-0.1, -0.05) is 78.9 Å². The molecule has 2 aliphatic carbocycles. The molecule has 0 unspecified atom stereocenters. The van der Waals surface area contributed by atoms with Crippen molar-refractivity contribution in [2.45, 2.75) is 25.7 Å². The summed E-state index contributed by atoms with van der Waals surface area (Å²) in [4.78, 5) is 5.09. The number of nitrogens with zero attached hydrogens (tertiary/aromatic N) is 2. The van der Waals surface area contributed by atoms with Crippen LogP contribution in [-0.2, 0) is 25.7 Å². The van der Waals surface area contributed by atoms with Crippen LogP contribution >= 0.6 is 0 Å². The van der Waals surface area contributed by atoms with Gasteiger partial charge in [0.1, 0.15) is 0 Å². The molecule has 0 saturated carbocycles. The lowest BCUT2D eigenvalue weighted by Gasteiger charge is -2.46. The zero-order chi connectivity index (χ0) is 28.1. The van der Waals surface area contributed by atoms with Crippen molar-refractivity contribution in [1.29, 1.82) is 0 Å². The highest BCUT2D eigenvalue weighted by atomic mass is 15.2. The highest BCUT2D eigenvalue weighted by Gasteiger charge is 2.45. The van der Waals surface area contributed by atoms with E-state index in [2.05, 4.69) is 137 Å². The van der Waals surface area contributed by atoms with Gasteiger partial charge >= 0.3 is 0 Å². The Morgan fingerprint density at radius 2 is 0.814 bits per heavy atom. The summed E-state index contributed by atoms with van der Waals surface area (Å²) in [6, 6.07) is 47.9. The molecule has 2 aliphatic heterocycles. The van der Waals surface area contributed by atoms with Gasteiger partial charge in [-0.15, -0.1) is 0 Å². The van der Waals surface area contributed by atoms with E-state index in [1.165, 1.54) is 110 Å². The Balaban J connectivity index is 1.35. The molecule has 2 nitrogen and oxygen atoms in total. The molecule has 0 aromatic heterocycles. The van der Waals surface area contributed by atoms with Crippen molar-refractivity contribution in [3.05, 3.63) is 150 Å². The van der Waals surface area contributed by atoms with Crippen LogP contribution in [0.1, 0.15) is 22.3 Å². The van der Waals surface area contributed by atoms with E-state index in [0.29, 0.717) is 0 Å². The molecule has 3 heteroatoms. The summed E-state index contributed by atoms with van der Waals surface area (Å²) in [5, 5.41) is 0. The van der Waals surface area contributed by atoms with Gasteiger partial charge in [0, 0.05) is 34.1 Å². The number of hydrogen-bond acceptors (Lipinski definition) is 2. The van der Waals surface area contributed by atoms with Gasteiger partial charge in [0.15, 0.2) is 0 Å². The van der Waals surface area contributed by atoms with E-state index in [1.54, 1.807) is 0 Å². The fourth-order valence-electron chi connectivity index (χ4n) is 7.89. The molecule has 0 atom stereocenters. The van der Waals surface area contributed by atoms with Crippen molar-refractivity contribution in [2.75, 3.05) is 9.80 Å². The number of benzene rings is 6. The number of anilines is 6. The largest absolute Gasteiger partial charge is 0.311 e. The predicted octanol–water partition coefficient (Wildman–Crippen LogP) is 7.63. The molecule has 202 valence electrons. The summed E-state index contributed by atoms with van der Waals surface area (Å²) in [6.45, 7) is 0.191. The van der Waals surface area contributed by atoms with Gasteiger partial charge in [-0.3, -0.25) is 0 Å². The van der Waals surface area contributed by atoms with Gasteiger partial charge < -0.3 is 9.80 Å². The van der Waals surface area contributed by atoms with Crippen LogP contribution in [0.5, 0.6) is 0 Å². The van der Waals surface area contributed by atoms with E-state index in [9.17, 15) is 0 Å². The summed E-state index contributed by atoms with van der Waals surface area (Å²) in [5.41, 5.74) is 20.5. The molecule has 43 heavy (non-hydrogen) atoms. The SMILES string of the molecule is c1ccc(-c2cc3c4c(c2)N(c2ccccc2)c2cc5c(cc2B4c2cc4c(cc2N3c2ccccc2)CC4)CC5)cc1. The first-order chi connectivity index (χ1) is 21.3. The first-order valence-electron chi connectivity index (χ1n) is 15.6. The molecule has 0 bridgehead atoms. The van der Waals surface area contributed by atoms with E-state index in [4.69, 9.17) is 0 Å². The van der Waals surface area contributed by atoms with Gasteiger partial charge in [0.25, 0.3) is 6.71 Å². The molecule has 0 N–H and O–H groups in total. The van der Waals surface area contributed by atoms with Crippen molar-refractivity contribution >= 4 is 57.2 Å². The predicted molar refractivity (Wildman–Crippen MR) is 181 cm³/mol. The molecule has 6 aromatic carbocycles. The fraction of sp³-hybridized carbons (Fsp3) is 0.100. The summed E-state index contributed by atoms with van der Waals surface area (Å²) >= 11 is 0. The minimum absolute atomic E-state index is 0.191. The molecule has 2 heterocycles. The highest BCUT2D eigenvalue weighted by Crippen LogP contribution is 2.47. The monoisotopic (exact) mass is 548 g/mol. The maximum absolute atomic E-state index is 2.55. The summed E-state index contributed by atoms with van der Waals surface area (Å²) in [6.07, 6.45) is 4.70. The van der Waals surface area contributed by atoms with Crippen LogP contribution in [0.3, 0.4) is 0 Å². The standard InChI is InChI=1S/C40H29BN2/c1-4-10-26(11-5-1)31-24-38-40-39(25-31)43(33-14-8-3-9-15-33)37-23-30-19-17-28(30)21-35(37)41(40)34-20-27-16-18-29(27)22-36(34)42(38)32-12-6-2-7-13-32/h1-15,20-25H,16-19H2. The van der Waals surface area contributed by atoms with Crippen molar-refractivity contribution in [1.82, 2.24) is 0 Å². The van der Waals surface area contributed by atoms with Gasteiger partial charge in [-0.05, 0) is 124 Å². The van der Waals surface area contributed by atoms with Crippen LogP contribution in [0.15, 0.2) is 127 Å². The number of aryl methyl sites for hydroxylation is 4. The Kier molecular flexibility index (Phi) is 4.79. The summed E-state index contributed by atoms with van der Waals surface area (Å²) < 4.78 is 0. The number of para-hydroxylation sites is 2. The van der Waals surface area contributed by atoms with E-state index in [1.807, 2.05) is 0 Å².